The lowest BCUT2D eigenvalue weighted by atomic mass is 10.1. The minimum absolute atomic E-state index is 0.225. The van der Waals surface area contributed by atoms with Crippen LogP contribution in [0, 0.1) is 7.14 Å². The summed E-state index contributed by atoms with van der Waals surface area (Å²) < 4.78 is 4.37. The number of phenols is 1. The van der Waals surface area contributed by atoms with Crippen molar-refractivity contribution < 1.29 is 15.0 Å². The molecular weight excluding hydrogens is 551 g/mol. The second-order valence-electron chi connectivity index (χ2n) is 3.08. The van der Waals surface area contributed by atoms with Crippen LogP contribution in [0.5, 0.6) is 5.75 Å². The number of carboxylic acids is 1. The highest BCUT2D eigenvalue weighted by atomic mass is 127. The average Bonchev–Trinajstić information content (AvgIpc) is 2.25. The Balaban J connectivity index is 2.97. The van der Waals surface area contributed by atoms with Gasteiger partial charge in [0.25, 0.3) is 0 Å². The predicted molar refractivity (Wildman–Crippen MR) is 85.8 cm³/mol. The first-order valence-electron chi connectivity index (χ1n) is 4.22. The number of carbonyl (C=O) groups is 1. The van der Waals surface area contributed by atoms with Crippen molar-refractivity contribution in [1.29, 1.82) is 0 Å². The molecule has 1 aromatic rings. The predicted octanol–water partition coefficient (Wildman–Crippen LogP) is 2.54. The van der Waals surface area contributed by atoms with Crippen LogP contribution in [-0.4, -0.2) is 22.2 Å². The van der Waals surface area contributed by atoms with Gasteiger partial charge in [0, 0.05) is 32.9 Å². The summed E-state index contributed by atoms with van der Waals surface area (Å²) in [6.45, 7) is 0. The molecule has 0 amide bonds. The van der Waals surface area contributed by atoms with Crippen molar-refractivity contribution in [2.24, 2.45) is 0 Å². The second kappa shape index (κ2) is 6.54. The molecule has 0 saturated carbocycles. The third-order valence-corrected chi connectivity index (χ3v) is 6.10. The zero-order chi connectivity index (χ0) is 12.3. The molecule has 0 saturated heterocycles. The monoisotopic (exact) mass is 559 g/mol. The molecule has 1 unspecified atom stereocenters. The van der Waals surface area contributed by atoms with Crippen molar-refractivity contribution in [3.63, 3.8) is 0 Å². The summed E-state index contributed by atoms with van der Waals surface area (Å²) in [6.07, 6.45) is 0.396. The summed E-state index contributed by atoms with van der Waals surface area (Å²) in [5.74, 6) is -0.656. The number of halogens is 3. The van der Waals surface area contributed by atoms with Crippen LogP contribution in [0.1, 0.15) is 5.56 Å². The SMILES string of the molecule is O=C(O)C(Cc1ccc(O)c(I)c1I)NI. The number of carboxylic acid groups (broad SMARTS) is 1. The number of hydrogen-bond donors (Lipinski definition) is 3. The van der Waals surface area contributed by atoms with Crippen LogP contribution < -0.4 is 3.53 Å². The van der Waals surface area contributed by atoms with Crippen LogP contribution in [0.15, 0.2) is 12.1 Å². The average molecular weight is 559 g/mol. The van der Waals surface area contributed by atoms with Gasteiger partial charge >= 0.3 is 5.97 Å². The molecule has 0 aliphatic carbocycles. The summed E-state index contributed by atoms with van der Waals surface area (Å²) >= 11 is 5.99. The van der Waals surface area contributed by atoms with Gasteiger partial charge in [-0.2, -0.15) is 0 Å². The van der Waals surface area contributed by atoms with E-state index in [1.807, 2.05) is 45.5 Å². The maximum absolute atomic E-state index is 10.9. The summed E-state index contributed by atoms with van der Waals surface area (Å²) in [5.41, 5.74) is 0.916. The van der Waals surface area contributed by atoms with Gasteiger partial charge in [-0.1, -0.05) is 6.07 Å². The summed E-state index contributed by atoms with van der Waals surface area (Å²) in [5, 5.41) is 18.4. The van der Waals surface area contributed by atoms with Gasteiger partial charge in [-0.05, 0) is 56.8 Å². The van der Waals surface area contributed by atoms with Gasteiger partial charge in [-0.3, -0.25) is 4.79 Å². The number of phenolic OH excluding ortho intramolecular Hbond substituents is 1. The van der Waals surface area contributed by atoms with Crippen LogP contribution in [0.3, 0.4) is 0 Å². The van der Waals surface area contributed by atoms with Crippen molar-refractivity contribution in [2.75, 3.05) is 0 Å². The third-order valence-electron chi connectivity index (χ3n) is 2.00. The van der Waals surface area contributed by atoms with Crippen LogP contribution in [0.4, 0.5) is 0 Å². The first-order valence-corrected chi connectivity index (χ1v) is 7.45. The maximum atomic E-state index is 10.9. The fourth-order valence-corrected chi connectivity index (χ4v) is 2.82. The van der Waals surface area contributed by atoms with Crippen LogP contribution in [0.25, 0.3) is 0 Å². The largest absolute Gasteiger partial charge is 0.507 e. The number of rotatable bonds is 4. The molecule has 0 aromatic heterocycles. The Labute approximate surface area is 134 Å². The van der Waals surface area contributed by atoms with Gasteiger partial charge in [0.2, 0.25) is 0 Å². The van der Waals surface area contributed by atoms with Crippen LogP contribution >= 0.6 is 68.0 Å². The summed E-state index contributed by atoms with van der Waals surface area (Å²) in [7, 11) is 0. The molecule has 0 fully saturated rings. The van der Waals surface area contributed by atoms with E-state index in [-0.39, 0.29) is 5.75 Å². The van der Waals surface area contributed by atoms with E-state index < -0.39 is 12.0 Å². The van der Waals surface area contributed by atoms with E-state index in [9.17, 15) is 9.90 Å². The first-order chi connectivity index (χ1) is 7.47. The van der Waals surface area contributed by atoms with E-state index in [1.54, 1.807) is 12.1 Å². The molecule has 4 nitrogen and oxygen atoms in total. The van der Waals surface area contributed by atoms with E-state index in [0.717, 1.165) is 12.7 Å². The van der Waals surface area contributed by atoms with Gasteiger partial charge in [0.15, 0.2) is 0 Å². The molecule has 88 valence electrons. The minimum Gasteiger partial charge on any atom is -0.507 e. The topological polar surface area (TPSA) is 69.6 Å². The van der Waals surface area contributed by atoms with Crippen molar-refractivity contribution in [3.8, 4) is 5.75 Å². The lowest BCUT2D eigenvalue weighted by Gasteiger charge is -2.12. The Kier molecular flexibility index (Phi) is 6.01. The zero-order valence-electron chi connectivity index (χ0n) is 7.88. The Morgan fingerprint density at radius 2 is 2.00 bits per heavy atom. The lowest BCUT2D eigenvalue weighted by molar-refractivity contribution is -0.138. The minimum atomic E-state index is -0.881. The van der Waals surface area contributed by atoms with E-state index in [1.165, 1.54) is 0 Å². The van der Waals surface area contributed by atoms with Gasteiger partial charge < -0.3 is 10.2 Å². The molecule has 1 atom stereocenters. The molecule has 1 aromatic carbocycles. The lowest BCUT2D eigenvalue weighted by Crippen LogP contribution is -2.32. The zero-order valence-corrected chi connectivity index (χ0v) is 14.3. The fourth-order valence-electron chi connectivity index (χ4n) is 1.13. The van der Waals surface area contributed by atoms with E-state index in [0.29, 0.717) is 6.42 Å². The molecule has 16 heavy (non-hydrogen) atoms. The molecule has 3 N–H and O–H groups in total. The van der Waals surface area contributed by atoms with Gasteiger partial charge in [-0.25, -0.2) is 3.53 Å². The smallest absolute Gasteiger partial charge is 0.321 e. The molecule has 0 aliphatic rings. The molecule has 7 heteroatoms. The number of nitrogens with one attached hydrogen (secondary N) is 1. The van der Waals surface area contributed by atoms with Gasteiger partial charge in [-0.15, -0.1) is 0 Å². The number of aliphatic carboxylic acids is 1. The van der Waals surface area contributed by atoms with Crippen LogP contribution in [-0.2, 0) is 11.2 Å². The normalized spacial score (nSPS) is 12.4. The van der Waals surface area contributed by atoms with E-state index in [2.05, 4.69) is 26.1 Å². The first kappa shape index (κ1) is 14.7. The summed E-state index contributed by atoms with van der Waals surface area (Å²) in [4.78, 5) is 10.9. The van der Waals surface area contributed by atoms with Gasteiger partial charge in [0.05, 0.1) is 3.57 Å². The molecule has 1 rings (SSSR count). The van der Waals surface area contributed by atoms with Crippen LogP contribution in [0.2, 0.25) is 0 Å². The highest BCUT2D eigenvalue weighted by Crippen LogP contribution is 2.28. The Bertz CT molecular complexity index is 411. The molecule has 0 spiro atoms. The van der Waals surface area contributed by atoms with E-state index >= 15 is 0 Å². The molecule has 0 aliphatic heterocycles. The quantitative estimate of drug-likeness (QED) is 0.393. The number of benzene rings is 1. The molecule has 0 radical (unpaired) electrons. The summed E-state index contributed by atoms with van der Waals surface area (Å²) in [6, 6.07) is 2.73. The van der Waals surface area contributed by atoms with Crippen molar-refractivity contribution in [2.45, 2.75) is 12.5 Å². The van der Waals surface area contributed by atoms with Crippen molar-refractivity contribution in [1.82, 2.24) is 3.53 Å². The standard InChI is InChI=1S/C9H8I3NO3/c10-7-4(1-2-6(14)8(7)11)3-5(13-12)9(15)16/h1-2,5,13-14H,3H2,(H,15,16). The van der Waals surface area contributed by atoms with E-state index in [4.69, 9.17) is 5.11 Å². The second-order valence-corrected chi connectivity index (χ2v) is 5.86. The number of hydrogen-bond acceptors (Lipinski definition) is 3. The Hall–Kier alpha value is 0.640. The molecular formula is C9H8I3NO3. The Morgan fingerprint density at radius 3 is 2.50 bits per heavy atom. The maximum Gasteiger partial charge on any atom is 0.321 e. The molecule has 0 heterocycles. The van der Waals surface area contributed by atoms with Crippen molar-refractivity contribution >= 4 is 74.0 Å². The fraction of sp³-hybridized carbons (Fsp3) is 0.222. The molecule has 0 bridgehead atoms. The Morgan fingerprint density at radius 1 is 1.38 bits per heavy atom. The van der Waals surface area contributed by atoms with Crippen molar-refractivity contribution in [3.05, 3.63) is 24.8 Å². The van der Waals surface area contributed by atoms with Gasteiger partial charge in [0.1, 0.15) is 11.8 Å². The third kappa shape index (κ3) is 3.57. The number of aromatic hydroxyl groups is 1. The highest BCUT2D eigenvalue weighted by molar-refractivity contribution is 14.1. The highest BCUT2D eigenvalue weighted by Gasteiger charge is 2.18.